The first-order valence-electron chi connectivity index (χ1n) is 6.57. The van der Waals surface area contributed by atoms with Crippen molar-refractivity contribution in [3.63, 3.8) is 0 Å². The van der Waals surface area contributed by atoms with Crippen LogP contribution in [0.4, 0.5) is 5.69 Å². The Kier molecular flexibility index (Phi) is 5.14. The van der Waals surface area contributed by atoms with Crippen LogP contribution in [0, 0.1) is 0 Å². The van der Waals surface area contributed by atoms with Gasteiger partial charge in [0.15, 0.2) is 0 Å². The summed E-state index contributed by atoms with van der Waals surface area (Å²) in [6.07, 6.45) is 2.13. The van der Waals surface area contributed by atoms with Gasteiger partial charge < -0.3 is 10.6 Å². The normalized spacial score (nSPS) is 14.2. The molecule has 1 fully saturated rings. The highest BCUT2D eigenvalue weighted by Crippen LogP contribution is 2.21. The summed E-state index contributed by atoms with van der Waals surface area (Å²) in [6, 6.07) is 7.77. The molecule has 0 spiro atoms. The van der Waals surface area contributed by atoms with E-state index in [1.165, 1.54) is 0 Å². The van der Waals surface area contributed by atoms with E-state index in [4.69, 9.17) is 0 Å². The monoisotopic (exact) mass is 339 g/mol. The molecule has 0 radical (unpaired) electrons. The molecule has 108 valence electrons. The first-order valence-corrected chi connectivity index (χ1v) is 7.36. The topological polar surface area (TPSA) is 61.4 Å². The van der Waals surface area contributed by atoms with Crippen molar-refractivity contribution in [3.05, 3.63) is 28.7 Å². The summed E-state index contributed by atoms with van der Waals surface area (Å²) < 4.78 is 0.836. The zero-order valence-electron chi connectivity index (χ0n) is 11.4. The third-order valence-electron chi connectivity index (χ3n) is 2.92. The lowest BCUT2D eigenvalue weighted by atomic mass is 10.3. The molecule has 0 bridgehead atoms. The van der Waals surface area contributed by atoms with Crippen LogP contribution in [0.2, 0.25) is 0 Å². The SMILES string of the molecule is CN(CC(=O)Nc1ccccc1Br)CC(=O)NC1CC1. The molecular formula is C14H18BrN3O2. The Morgan fingerprint density at radius 3 is 2.55 bits per heavy atom. The Balaban J connectivity index is 1.75. The van der Waals surface area contributed by atoms with Crippen molar-refractivity contribution >= 4 is 33.4 Å². The minimum Gasteiger partial charge on any atom is -0.352 e. The van der Waals surface area contributed by atoms with Gasteiger partial charge in [-0.1, -0.05) is 12.1 Å². The fourth-order valence-electron chi connectivity index (χ4n) is 1.80. The molecule has 6 heteroatoms. The summed E-state index contributed by atoms with van der Waals surface area (Å²) in [4.78, 5) is 25.2. The third-order valence-corrected chi connectivity index (χ3v) is 3.61. The molecule has 2 amide bonds. The van der Waals surface area contributed by atoms with E-state index >= 15 is 0 Å². The van der Waals surface area contributed by atoms with Crippen molar-refractivity contribution in [2.75, 3.05) is 25.5 Å². The molecular weight excluding hydrogens is 322 g/mol. The van der Waals surface area contributed by atoms with Crippen LogP contribution in [0.1, 0.15) is 12.8 Å². The highest BCUT2D eigenvalue weighted by atomic mass is 79.9. The zero-order chi connectivity index (χ0) is 14.5. The Bertz CT molecular complexity index is 503. The number of carbonyl (C=O) groups is 2. The molecule has 0 aromatic heterocycles. The zero-order valence-corrected chi connectivity index (χ0v) is 12.9. The molecule has 0 atom stereocenters. The maximum atomic E-state index is 11.9. The number of carbonyl (C=O) groups excluding carboxylic acids is 2. The maximum Gasteiger partial charge on any atom is 0.238 e. The van der Waals surface area contributed by atoms with E-state index in [-0.39, 0.29) is 24.9 Å². The number of para-hydroxylation sites is 1. The van der Waals surface area contributed by atoms with E-state index in [9.17, 15) is 9.59 Å². The third kappa shape index (κ3) is 4.94. The van der Waals surface area contributed by atoms with Crippen LogP contribution in [0.5, 0.6) is 0 Å². The molecule has 0 saturated heterocycles. The van der Waals surface area contributed by atoms with Gasteiger partial charge >= 0.3 is 0 Å². The molecule has 0 unspecified atom stereocenters. The van der Waals surface area contributed by atoms with Crippen LogP contribution in [0.3, 0.4) is 0 Å². The van der Waals surface area contributed by atoms with Gasteiger partial charge in [-0.25, -0.2) is 0 Å². The van der Waals surface area contributed by atoms with E-state index in [1.54, 1.807) is 11.9 Å². The molecule has 2 N–H and O–H groups in total. The smallest absolute Gasteiger partial charge is 0.238 e. The number of hydrogen-bond acceptors (Lipinski definition) is 3. The number of halogens is 1. The van der Waals surface area contributed by atoms with Gasteiger partial charge in [-0.05, 0) is 48.0 Å². The van der Waals surface area contributed by atoms with Crippen LogP contribution >= 0.6 is 15.9 Å². The Morgan fingerprint density at radius 2 is 1.90 bits per heavy atom. The largest absolute Gasteiger partial charge is 0.352 e. The highest BCUT2D eigenvalue weighted by Gasteiger charge is 2.23. The predicted octanol–water partition coefficient (Wildman–Crippen LogP) is 1.60. The van der Waals surface area contributed by atoms with Gasteiger partial charge in [-0.15, -0.1) is 0 Å². The number of hydrogen-bond donors (Lipinski definition) is 2. The molecule has 1 aromatic rings. The fourth-order valence-corrected chi connectivity index (χ4v) is 2.18. The summed E-state index contributed by atoms with van der Waals surface area (Å²) in [5, 5.41) is 5.71. The van der Waals surface area contributed by atoms with Crippen LogP contribution in [-0.4, -0.2) is 42.9 Å². The van der Waals surface area contributed by atoms with Gasteiger partial charge in [0, 0.05) is 10.5 Å². The molecule has 5 nitrogen and oxygen atoms in total. The standard InChI is InChI=1S/C14H18BrN3O2/c1-18(8-13(19)16-10-6-7-10)9-14(20)17-12-5-3-2-4-11(12)15/h2-5,10H,6-9H2,1H3,(H,16,19)(H,17,20). The van der Waals surface area contributed by atoms with Crippen LogP contribution in [0.25, 0.3) is 0 Å². The van der Waals surface area contributed by atoms with Crippen molar-refractivity contribution < 1.29 is 9.59 Å². The first kappa shape index (κ1) is 15.0. The fraction of sp³-hybridized carbons (Fsp3) is 0.429. The van der Waals surface area contributed by atoms with Crippen molar-refractivity contribution in [2.45, 2.75) is 18.9 Å². The number of amides is 2. The number of benzene rings is 1. The summed E-state index contributed by atoms with van der Waals surface area (Å²) >= 11 is 3.37. The van der Waals surface area contributed by atoms with Gasteiger partial charge in [0.2, 0.25) is 11.8 Å². The lowest BCUT2D eigenvalue weighted by Crippen LogP contribution is -2.39. The Hall–Kier alpha value is -1.40. The number of anilines is 1. The summed E-state index contributed by atoms with van der Waals surface area (Å²) in [7, 11) is 1.76. The van der Waals surface area contributed by atoms with E-state index in [2.05, 4.69) is 26.6 Å². The molecule has 1 saturated carbocycles. The lowest BCUT2D eigenvalue weighted by Gasteiger charge is -2.16. The average molecular weight is 340 g/mol. The van der Waals surface area contributed by atoms with Crippen molar-refractivity contribution in [2.24, 2.45) is 0 Å². The van der Waals surface area contributed by atoms with Gasteiger partial charge in [0.1, 0.15) is 0 Å². The van der Waals surface area contributed by atoms with E-state index < -0.39 is 0 Å². The molecule has 0 heterocycles. The number of nitrogens with zero attached hydrogens (tertiary/aromatic N) is 1. The van der Waals surface area contributed by atoms with Crippen LogP contribution in [-0.2, 0) is 9.59 Å². The van der Waals surface area contributed by atoms with Crippen LogP contribution in [0.15, 0.2) is 28.7 Å². The summed E-state index contributed by atoms with van der Waals surface area (Å²) in [6.45, 7) is 0.416. The quantitative estimate of drug-likeness (QED) is 0.827. The summed E-state index contributed by atoms with van der Waals surface area (Å²) in [5.74, 6) is -0.165. The van der Waals surface area contributed by atoms with Gasteiger partial charge in [-0.2, -0.15) is 0 Å². The van der Waals surface area contributed by atoms with E-state index in [0.717, 1.165) is 23.0 Å². The predicted molar refractivity (Wildman–Crippen MR) is 81.4 cm³/mol. The number of rotatable bonds is 6. The number of likely N-dealkylation sites (N-methyl/N-ethyl adjacent to an activating group) is 1. The first-order chi connectivity index (χ1) is 9.54. The van der Waals surface area contributed by atoms with Gasteiger partial charge in [0.25, 0.3) is 0 Å². The second kappa shape index (κ2) is 6.85. The van der Waals surface area contributed by atoms with Gasteiger partial charge in [0.05, 0.1) is 18.8 Å². The van der Waals surface area contributed by atoms with Crippen LogP contribution < -0.4 is 10.6 Å². The van der Waals surface area contributed by atoms with E-state index in [0.29, 0.717) is 6.04 Å². The highest BCUT2D eigenvalue weighted by molar-refractivity contribution is 9.10. The number of nitrogens with one attached hydrogen (secondary N) is 2. The Morgan fingerprint density at radius 1 is 1.25 bits per heavy atom. The minimum absolute atomic E-state index is 0.0244. The molecule has 0 aliphatic heterocycles. The second-order valence-corrected chi connectivity index (χ2v) is 5.90. The van der Waals surface area contributed by atoms with E-state index in [1.807, 2.05) is 24.3 Å². The molecule has 2 rings (SSSR count). The summed E-state index contributed by atoms with van der Waals surface area (Å²) in [5.41, 5.74) is 0.730. The molecule has 1 aliphatic carbocycles. The van der Waals surface area contributed by atoms with Gasteiger partial charge in [-0.3, -0.25) is 14.5 Å². The van der Waals surface area contributed by atoms with Crippen molar-refractivity contribution in [1.29, 1.82) is 0 Å². The molecule has 1 aliphatic rings. The maximum absolute atomic E-state index is 11.9. The average Bonchev–Trinajstić information content (AvgIpc) is 3.15. The minimum atomic E-state index is -0.140. The molecule has 20 heavy (non-hydrogen) atoms. The second-order valence-electron chi connectivity index (χ2n) is 5.04. The van der Waals surface area contributed by atoms with Crippen molar-refractivity contribution in [1.82, 2.24) is 10.2 Å². The van der Waals surface area contributed by atoms with Crippen molar-refractivity contribution in [3.8, 4) is 0 Å². The lowest BCUT2D eigenvalue weighted by molar-refractivity contribution is -0.123. The Labute approximate surface area is 126 Å². The molecule has 1 aromatic carbocycles.